The van der Waals surface area contributed by atoms with Crippen molar-refractivity contribution < 1.29 is 19.6 Å². The summed E-state index contributed by atoms with van der Waals surface area (Å²) in [5.41, 5.74) is 2.31. The molecule has 0 aliphatic heterocycles. The van der Waals surface area contributed by atoms with Crippen LogP contribution < -0.4 is 9.47 Å². The molecule has 130 valence electrons. The number of nitrogens with zero attached hydrogens (tertiary/aromatic N) is 2. The highest BCUT2D eigenvalue weighted by Crippen LogP contribution is 2.34. The van der Waals surface area contributed by atoms with Gasteiger partial charge in [0.05, 0.1) is 18.2 Å². The number of nitro benzene ring substituents is 1. The molecule has 0 heterocycles. The molecule has 2 aromatic rings. The van der Waals surface area contributed by atoms with Crippen LogP contribution in [0.2, 0.25) is 0 Å². The molecule has 0 saturated carbocycles. The third-order valence-corrected chi connectivity index (χ3v) is 3.48. The number of ether oxygens (including phenoxy) is 2. The third-order valence-electron chi connectivity index (χ3n) is 3.48. The van der Waals surface area contributed by atoms with E-state index in [2.05, 4.69) is 11.7 Å². The van der Waals surface area contributed by atoms with Gasteiger partial charge < -0.3 is 14.7 Å². The van der Waals surface area contributed by atoms with Crippen molar-refractivity contribution in [2.75, 3.05) is 7.11 Å². The molecule has 0 saturated heterocycles. The van der Waals surface area contributed by atoms with Gasteiger partial charge in [0.25, 0.3) is 5.69 Å². The monoisotopic (exact) mass is 342 g/mol. The van der Waals surface area contributed by atoms with E-state index in [9.17, 15) is 10.1 Å². The van der Waals surface area contributed by atoms with Crippen molar-refractivity contribution in [3.05, 3.63) is 75.9 Å². The van der Waals surface area contributed by atoms with Gasteiger partial charge in [-0.25, -0.2) is 0 Å². The van der Waals surface area contributed by atoms with Crippen molar-refractivity contribution in [2.45, 2.75) is 13.0 Å². The summed E-state index contributed by atoms with van der Waals surface area (Å²) in [5.74, 6) is 1.05. The lowest BCUT2D eigenvalue weighted by Gasteiger charge is -2.15. The van der Waals surface area contributed by atoms with Crippen LogP contribution in [0.3, 0.4) is 0 Å². The SMILES string of the molecule is C=CCc1cc(/C=N\O)cc(OC)c1OCc1ccc([N+](=O)[O-])cc1. The number of nitro groups is 1. The Labute approximate surface area is 145 Å². The normalized spacial score (nSPS) is 10.6. The molecule has 0 bridgehead atoms. The highest BCUT2D eigenvalue weighted by molar-refractivity contribution is 5.81. The fourth-order valence-electron chi connectivity index (χ4n) is 2.32. The Morgan fingerprint density at radius 2 is 2.04 bits per heavy atom. The maximum Gasteiger partial charge on any atom is 0.269 e. The van der Waals surface area contributed by atoms with Gasteiger partial charge in [-0.15, -0.1) is 6.58 Å². The van der Waals surface area contributed by atoms with E-state index < -0.39 is 4.92 Å². The molecule has 0 aliphatic rings. The quantitative estimate of drug-likeness (QED) is 0.259. The number of allylic oxidation sites excluding steroid dienone is 1. The zero-order valence-corrected chi connectivity index (χ0v) is 13.7. The number of methoxy groups -OCH3 is 1. The zero-order valence-electron chi connectivity index (χ0n) is 13.7. The van der Waals surface area contributed by atoms with Crippen LogP contribution in [0.5, 0.6) is 11.5 Å². The molecule has 7 nitrogen and oxygen atoms in total. The second-order valence-electron chi connectivity index (χ2n) is 5.16. The molecule has 2 rings (SSSR count). The summed E-state index contributed by atoms with van der Waals surface area (Å²) < 4.78 is 11.2. The van der Waals surface area contributed by atoms with E-state index in [1.807, 2.05) is 6.07 Å². The topological polar surface area (TPSA) is 94.2 Å². The first-order valence-corrected chi connectivity index (χ1v) is 7.44. The van der Waals surface area contributed by atoms with E-state index in [0.717, 1.165) is 11.1 Å². The van der Waals surface area contributed by atoms with Gasteiger partial charge >= 0.3 is 0 Å². The Morgan fingerprint density at radius 1 is 1.32 bits per heavy atom. The molecule has 1 N–H and O–H groups in total. The van der Waals surface area contributed by atoms with Gasteiger partial charge in [0.15, 0.2) is 11.5 Å². The molecule has 0 unspecified atom stereocenters. The zero-order chi connectivity index (χ0) is 18.2. The second kappa shape index (κ2) is 8.49. The van der Waals surface area contributed by atoms with Crippen LogP contribution in [0.4, 0.5) is 5.69 Å². The van der Waals surface area contributed by atoms with E-state index in [4.69, 9.17) is 14.7 Å². The Kier molecular flexibility index (Phi) is 6.11. The summed E-state index contributed by atoms with van der Waals surface area (Å²) in [4.78, 5) is 10.2. The fourth-order valence-corrected chi connectivity index (χ4v) is 2.32. The first-order chi connectivity index (χ1) is 12.1. The van der Waals surface area contributed by atoms with Crippen molar-refractivity contribution in [1.82, 2.24) is 0 Å². The number of rotatable bonds is 8. The molecule has 0 aliphatic carbocycles. The summed E-state index contributed by atoms with van der Waals surface area (Å²) in [5, 5.41) is 22.4. The van der Waals surface area contributed by atoms with E-state index in [1.165, 1.54) is 25.5 Å². The van der Waals surface area contributed by atoms with Crippen LogP contribution in [0.15, 0.2) is 54.2 Å². The van der Waals surface area contributed by atoms with Crippen molar-refractivity contribution in [3.63, 3.8) is 0 Å². The molecule has 25 heavy (non-hydrogen) atoms. The number of benzene rings is 2. The van der Waals surface area contributed by atoms with Crippen LogP contribution >= 0.6 is 0 Å². The molecule has 0 atom stereocenters. The first-order valence-electron chi connectivity index (χ1n) is 7.44. The van der Waals surface area contributed by atoms with E-state index in [0.29, 0.717) is 23.5 Å². The average Bonchev–Trinajstić information content (AvgIpc) is 2.61. The van der Waals surface area contributed by atoms with Gasteiger partial charge in [0.1, 0.15) is 6.61 Å². The van der Waals surface area contributed by atoms with Gasteiger partial charge in [0.2, 0.25) is 0 Å². The molecule has 0 aromatic heterocycles. The molecule has 0 radical (unpaired) electrons. The molecule has 2 aromatic carbocycles. The minimum absolute atomic E-state index is 0.0290. The van der Waals surface area contributed by atoms with Gasteiger partial charge in [0, 0.05) is 23.3 Å². The predicted octanol–water partition coefficient (Wildman–Crippen LogP) is 3.72. The van der Waals surface area contributed by atoms with Crippen molar-refractivity contribution in [1.29, 1.82) is 0 Å². The fraction of sp³-hybridized carbons (Fsp3) is 0.167. The van der Waals surface area contributed by atoms with Crippen molar-refractivity contribution in [2.24, 2.45) is 5.16 Å². The van der Waals surface area contributed by atoms with Crippen molar-refractivity contribution >= 4 is 11.9 Å². The Bertz CT molecular complexity index is 785. The van der Waals surface area contributed by atoms with Gasteiger partial charge in [-0.1, -0.05) is 11.2 Å². The van der Waals surface area contributed by atoms with Crippen molar-refractivity contribution in [3.8, 4) is 11.5 Å². The first kappa shape index (κ1) is 18.0. The second-order valence-corrected chi connectivity index (χ2v) is 5.16. The number of hydrogen-bond acceptors (Lipinski definition) is 6. The smallest absolute Gasteiger partial charge is 0.269 e. The van der Waals surface area contributed by atoms with Crippen LogP contribution in [-0.2, 0) is 13.0 Å². The molecule has 7 heteroatoms. The van der Waals surface area contributed by atoms with Crippen LogP contribution in [0.25, 0.3) is 0 Å². The molecular formula is C18H18N2O5. The minimum atomic E-state index is -0.447. The van der Waals surface area contributed by atoms with E-state index in [1.54, 1.807) is 24.3 Å². The highest BCUT2D eigenvalue weighted by atomic mass is 16.6. The Balaban J connectivity index is 2.27. The molecule has 0 fully saturated rings. The summed E-state index contributed by atoms with van der Waals surface area (Å²) >= 11 is 0. The van der Waals surface area contributed by atoms with Crippen LogP contribution in [0.1, 0.15) is 16.7 Å². The summed E-state index contributed by atoms with van der Waals surface area (Å²) in [6.07, 6.45) is 3.57. The lowest BCUT2D eigenvalue weighted by molar-refractivity contribution is -0.384. The van der Waals surface area contributed by atoms with Gasteiger partial charge in [-0.2, -0.15) is 0 Å². The number of hydrogen-bond donors (Lipinski definition) is 1. The maximum atomic E-state index is 10.7. The lowest BCUT2D eigenvalue weighted by atomic mass is 10.1. The average molecular weight is 342 g/mol. The molecule has 0 spiro atoms. The van der Waals surface area contributed by atoms with E-state index in [-0.39, 0.29) is 12.3 Å². The van der Waals surface area contributed by atoms with Gasteiger partial charge in [-0.3, -0.25) is 10.1 Å². The number of non-ortho nitro benzene ring substituents is 1. The summed E-state index contributed by atoms with van der Waals surface area (Å²) in [6.45, 7) is 3.96. The third kappa shape index (κ3) is 4.57. The lowest BCUT2D eigenvalue weighted by Crippen LogP contribution is -2.02. The predicted molar refractivity (Wildman–Crippen MR) is 93.7 cm³/mol. The number of oxime groups is 1. The minimum Gasteiger partial charge on any atom is -0.493 e. The highest BCUT2D eigenvalue weighted by Gasteiger charge is 2.13. The Hall–Kier alpha value is -3.35. The maximum absolute atomic E-state index is 10.7. The van der Waals surface area contributed by atoms with Crippen LogP contribution in [-0.4, -0.2) is 23.5 Å². The van der Waals surface area contributed by atoms with Crippen LogP contribution in [0, 0.1) is 10.1 Å². The van der Waals surface area contributed by atoms with E-state index >= 15 is 0 Å². The molecular weight excluding hydrogens is 324 g/mol. The standard InChI is InChI=1S/C18H18N2O5/c1-3-4-15-9-14(11-19-21)10-17(24-2)18(15)25-12-13-5-7-16(8-6-13)20(22)23/h3,5-11,21H,1,4,12H2,2H3/b19-11-. The summed E-state index contributed by atoms with van der Waals surface area (Å²) in [6, 6.07) is 9.66. The van der Waals surface area contributed by atoms with Gasteiger partial charge in [-0.05, 0) is 36.2 Å². The Morgan fingerprint density at radius 3 is 2.60 bits per heavy atom. The summed E-state index contributed by atoms with van der Waals surface area (Å²) in [7, 11) is 1.52. The molecule has 0 amide bonds. The largest absolute Gasteiger partial charge is 0.493 e.